The highest BCUT2D eigenvalue weighted by Gasteiger charge is 2.26. The molecule has 1 unspecified atom stereocenters. The molecule has 1 N–H and O–H groups in total. The Kier molecular flexibility index (Phi) is 3.74. The summed E-state index contributed by atoms with van der Waals surface area (Å²) in [5, 5.41) is 7.56. The van der Waals surface area contributed by atoms with Gasteiger partial charge in [0.15, 0.2) is 0 Å². The average molecular weight is 320 g/mol. The van der Waals surface area contributed by atoms with E-state index in [0.29, 0.717) is 5.69 Å². The molecule has 0 aromatic carbocycles. The molecule has 1 aliphatic carbocycles. The lowest BCUT2D eigenvalue weighted by molar-refractivity contribution is 0.0927. The largest absolute Gasteiger partial charge is 0.344 e. The zero-order valence-electron chi connectivity index (χ0n) is 13.0. The standard InChI is InChI=1S/C17H16N6O/c24-17(15-11-19-8-9-20-15)22-14-2-1-3-16-13(14)10-21-23(16)12-4-6-18-7-5-12/h4-11,14H,1-3H2,(H,22,24). The molecule has 0 fully saturated rings. The Bertz CT molecular complexity index is 846. The van der Waals surface area contributed by atoms with Crippen LogP contribution in [0, 0.1) is 0 Å². The predicted molar refractivity (Wildman–Crippen MR) is 86.5 cm³/mol. The SMILES string of the molecule is O=C(NC1CCCc2c1cnn2-c1ccncc1)c1cnccn1. The van der Waals surface area contributed by atoms with Crippen molar-refractivity contribution in [2.24, 2.45) is 0 Å². The van der Waals surface area contributed by atoms with E-state index in [-0.39, 0.29) is 11.9 Å². The molecule has 7 heteroatoms. The van der Waals surface area contributed by atoms with Gasteiger partial charge in [-0.15, -0.1) is 0 Å². The van der Waals surface area contributed by atoms with E-state index in [4.69, 9.17) is 0 Å². The molecule has 7 nitrogen and oxygen atoms in total. The highest BCUT2D eigenvalue weighted by Crippen LogP contribution is 2.31. The lowest BCUT2D eigenvalue weighted by atomic mass is 9.92. The van der Waals surface area contributed by atoms with Crippen molar-refractivity contribution in [1.29, 1.82) is 0 Å². The molecule has 120 valence electrons. The van der Waals surface area contributed by atoms with E-state index in [1.54, 1.807) is 18.6 Å². The monoisotopic (exact) mass is 320 g/mol. The van der Waals surface area contributed by atoms with Crippen molar-refractivity contribution in [2.45, 2.75) is 25.3 Å². The molecule has 0 spiro atoms. The summed E-state index contributed by atoms with van der Waals surface area (Å²) in [7, 11) is 0. The van der Waals surface area contributed by atoms with Crippen LogP contribution in [0.4, 0.5) is 0 Å². The molecule has 3 aromatic heterocycles. The highest BCUT2D eigenvalue weighted by atomic mass is 16.1. The smallest absolute Gasteiger partial charge is 0.271 e. The summed E-state index contributed by atoms with van der Waals surface area (Å²) in [5.41, 5.74) is 3.51. The number of aromatic nitrogens is 5. The molecule has 1 aliphatic rings. The van der Waals surface area contributed by atoms with Gasteiger partial charge in [-0.2, -0.15) is 5.10 Å². The molecule has 0 saturated carbocycles. The van der Waals surface area contributed by atoms with Crippen LogP contribution < -0.4 is 5.32 Å². The van der Waals surface area contributed by atoms with Gasteiger partial charge in [-0.1, -0.05) is 0 Å². The summed E-state index contributed by atoms with van der Waals surface area (Å²) in [6.45, 7) is 0. The number of carbonyl (C=O) groups is 1. The number of carbonyl (C=O) groups excluding carboxylic acids is 1. The summed E-state index contributed by atoms with van der Waals surface area (Å²) >= 11 is 0. The summed E-state index contributed by atoms with van der Waals surface area (Å²) in [6.07, 6.45) is 12.7. The molecule has 4 rings (SSSR count). The molecular weight excluding hydrogens is 304 g/mol. The first kappa shape index (κ1) is 14.5. The molecule has 3 aromatic rings. The molecule has 0 saturated heterocycles. The van der Waals surface area contributed by atoms with Crippen molar-refractivity contribution < 1.29 is 4.79 Å². The van der Waals surface area contributed by atoms with Crippen molar-refractivity contribution >= 4 is 5.91 Å². The van der Waals surface area contributed by atoms with E-state index < -0.39 is 0 Å². The lowest BCUT2D eigenvalue weighted by Crippen LogP contribution is -2.31. The first-order chi connectivity index (χ1) is 11.8. The Morgan fingerprint density at radius 3 is 2.79 bits per heavy atom. The Labute approximate surface area is 138 Å². The third-order valence-corrected chi connectivity index (χ3v) is 4.19. The van der Waals surface area contributed by atoms with Crippen LogP contribution in [0.2, 0.25) is 0 Å². The second-order valence-corrected chi connectivity index (χ2v) is 5.67. The Morgan fingerprint density at radius 1 is 1.12 bits per heavy atom. The fourth-order valence-electron chi connectivity index (χ4n) is 3.06. The fourth-order valence-corrected chi connectivity index (χ4v) is 3.06. The van der Waals surface area contributed by atoms with Crippen molar-refractivity contribution in [3.05, 3.63) is 66.3 Å². The minimum absolute atomic E-state index is 0.0566. The molecule has 1 amide bonds. The Morgan fingerprint density at radius 2 is 2.00 bits per heavy atom. The third kappa shape index (κ3) is 2.64. The van der Waals surface area contributed by atoms with Gasteiger partial charge in [0.2, 0.25) is 0 Å². The van der Waals surface area contributed by atoms with Gasteiger partial charge in [0, 0.05) is 36.0 Å². The second kappa shape index (κ2) is 6.19. The normalized spacial score (nSPS) is 16.4. The van der Waals surface area contributed by atoms with Crippen LogP contribution in [0.5, 0.6) is 0 Å². The quantitative estimate of drug-likeness (QED) is 0.796. The number of nitrogens with zero attached hydrogens (tertiary/aromatic N) is 5. The number of pyridine rings is 1. The zero-order chi connectivity index (χ0) is 16.4. The number of nitrogens with one attached hydrogen (secondary N) is 1. The predicted octanol–water partition coefficient (Wildman–Crippen LogP) is 1.86. The van der Waals surface area contributed by atoms with Gasteiger partial charge in [0.05, 0.1) is 24.1 Å². The van der Waals surface area contributed by atoms with Gasteiger partial charge in [0.1, 0.15) is 5.69 Å². The summed E-state index contributed by atoms with van der Waals surface area (Å²) in [6, 6.07) is 3.79. The number of hydrogen-bond donors (Lipinski definition) is 1. The number of fused-ring (bicyclic) bond motifs is 1. The minimum Gasteiger partial charge on any atom is -0.344 e. The summed E-state index contributed by atoms with van der Waals surface area (Å²) < 4.78 is 1.93. The van der Waals surface area contributed by atoms with E-state index in [1.165, 1.54) is 12.4 Å². The van der Waals surface area contributed by atoms with E-state index in [9.17, 15) is 4.79 Å². The summed E-state index contributed by atoms with van der Waals surface area (Å²) in [5.74, 6) is -0.211. The number of hydrogen-bond acceptors (Lipinski definition) is 5. The number of rotatable bonds is 3. The first-order valence-corrected chi connectivity index (χ1v) is 7.87. The minimum atomic E-state index is -0.211. The Hall–Kier alpha value is -3.09. The van der Waals surface area contributed by atoms with Crippen LogP contribution in [0.3, 0.4) is 0 Å². The van der Waals surface area contributed by atoms with Crippen molar-refractivity contribution in [1.82, 2.24) is 30.0 Å². The maximum absolute atomic E-state index is 12.4. The van der Waals surface area contributed by atoms with Gasteiger partial charge < -0.3 is 5.32 Å². The van der Waals surface area contributed by atoms with Crippen LogP contribution in [0.25, 0.3) is 5.69 Å². The van der Waals surface area contributed by atoms with Gasteiger partial charge in [0.25, 0.3) is 5.91 Å². The fraction of sp³-hybridized carbons (Fsp3) is 0.235. The van der Waals surface area contributed by atoms with Gasteiger partial charge >= 0.3 is 0 Å². The van der Waals surface area contributed by atoms with E-state index in [2.05, 4.69) is 25.4 Å². The van der Waals surface area contributed by atoms with E-state index in [1.807, 2.05) is 23.0 Å². The third-order valence-electron chi connectivity index (χ3n) is 4.19. The van der Waals surface area contributed by atoms with Crippen molar-refractivity contribution in [2.75, 3.05) is 0 Å². The molecular formula is C17H16N6O. The Balaban J connectivity index is 1.61. The van der Waals surface area contributed by atoms with Gasteiger partial charge in [-0.05, 0) is 31.4 Å². The van der Waals surface area contributed by atoms with E-state index in [0.717, 1.165) is 36.2 Å². The van der Waals surface area contributed by atoms with Crippen LogP contribution in [0.15, 0.2) is 49.3 Å². The maximum Gasteiger partial charge on any atom is 0.271 e. The van der Waals surface area contributed by atoms with Crippen LogP contribution in [-0.4, -0.2) is 30.6 Å². The average Bonchev–Trinajstić information content (AvgIpc) is 3.08. The van der Waals surface area contributed by atoms with E-state index >= 15 is 0 Å². The molecule has 0 radical (unpaired) electrons. The molecule has 24 heavy (non-hydrogen) atoms. The topological polar surface area (TPSA) is 85.6 Å². The summed E-state index contributed by atoms with van der Waals surface area (Å²) in [4.78, 5) is 24.4. The molecule has 3 heterocycles. The van der Waals surface area contributed by atoms with Gasteiger partial charge in [-0.25, -0.2) is 9.67 Å². The second-order valence-electron chi connectivity index (χ2n) is 5.67. The van der Waals surface area contributed by atoms with Crippen LogP contribution >= 0.6 is 0 Å². The van der Waals surface area contributed by atoms with Crippen LogP contribution in [-0.2, 0) is 6.42 Å². The number of amides is 1. The van der Waals surface area contributed by atoms with Crippen molar-refractivity contribution in [3.63, 3.8) is 0 Å². The van der Waals surface area contributed by atoms with Crippen LogP contribution in [0.1, 0.15) is 40.6 Å². The lowest BCUT2D eigenvalue weighted by Gasteiger charge is -2.24. The molecule has 0 aliphatic heterocycles. The molecule has 0 bridgehead atoms. The van der Waals surface area contributed by atoms with Crippen molar-refractivity contribution in [3.8, 4) is 5.69 Å². The first-order valence-electron chi connectivity index (χ1n) is 7.87. The highest BCUT2D eigenvalue weighted by molar-refractivity contribution is 5.92. The van der Waals surface area contributed by atoms with Gasteiger partial charge in [-0.3, -0.25) is 14.8 Å². The molecule has 1 atom stereocenters. The zero-order valence-corrected chi connectivity index (χ0v) is 13.0. The maximum atomic E-state index is 12.4.